The van der Waals surface area contributed by atoms with Crippen molar-refractivity contribution in [3.63, 3.8) is 0 Å². The molecule has 0 fully saturated rings. The van der Waals surface area contributed by atoms with E-state index in [4.69, 9.17) is 18.6 Å². The standard InChI is InChI=1S/C22H24N2O4/c1-25-16-12-19(26-2)22(20(13-16)27-3)15-8-10-24(11-9-15)14-21-23-17-6-4-5-7-18(17)28-21/h4-8,12-13H,9-11,14H2,1-3H3. The first-order valence-electron chi connectivity index (χ1n) is 9.28. The van der Waals surface area contributed by atoms with Gasteiger partial charge in [-0.25, -0.2) is 4.98 Å². The first-order valence-corrected chi connectivity index (χ1v) is 9.28. The third-order valence-corrected chi connectivity index (χ3v) is 5.03. The van der Waals surface area contributed by atoms with Gasteiger partial charge in [-0.3, -0.25) is 4.90 Å². The molecule has 6 nitrogen and oxygen atoms in total. The molecule has 0 saturated carbocycles. The number of aromatic nitrogens is 1. The van der Waals surface area contributed by atoms with Crippen LogP contribution in [0.25, 0.3) is 16.7 Å². The number of fused-ring (bicyclic) bond motifs is 1. The summed E-state index contributed by atoms with van der Waals surface area (Å²) in [5, 5.41) is 0. The van der Waals surface area contributed by atoms with E-state index in [1.54, 1.807) is 21.3 Å². The van der Waals surface area contributed by atoms with Gasteiger partial charge in [0.25, 0.3) is 0 Å². The first-order chi connectivity index (χ1) is 13.7. The van der Waals surface area contributed by atoms with E-state index in [1.807, 2.05) is 36.4 Å². The van der Waals surface area contributed by atoms with Crippen LogP contribution < -0.4 is 14.2 Å². The zero-order chi connectivity index (χ0) is 19.5. The molecular formula is C22H24N2O4. The number of benzene rings is 2. The van der Waals surface area contributed by atoms with E-state index < -0.39 is 0 Å². The van der Waals surface area contributed by atoms with Crippen LogP contribution >= 0.6 is 0 Å². The fourth-order valence-corrected chi connectivity index (χ4v) is 3.58. The lowest BCUT2D eigenvalue weighted by Gasteiger charge is -2.26. The molecule has 0 N–H and O–H groups in total. The average Bonchev–Trinajstić information content (AvgIpc) is 3.15. The zero-order valence-corrected chi connectivity index (χ0v) is 16.4. The third-order valence-electron chi connectivity index (χ3n) is 5.03. The Bertz CT molecular complexity index is 951. The van der Waals surface area contributed by atoms with Gasteiger partial charge in [-0.05, 0) is 24.1 Å². The summed E-state index contributed by atoms with van der Waals surface area (Å²) in [7, 11) is 4.97. The van der Waals surface area contributed by atoms with Crippen LogP contribution in [0.2, 0.25) is 0 Å². The van der Waals surface area contributed by atoms with Crippen LogP contribution in [-0.2, 0) is 6.54 Å². The second-order valence-electron chi connectivity index (χ2n) is 6.70. The number of methoxy groups -OCH3 is 3. The van der Waals surface area contributed by atoms with Gasteiger partial charge in [0.05, 0.1) is 33.4 Å². The number of hydrogen-bond donors (Lipinski definition) is 0. The summed E-state index contributed by atoms with van der Waals surface area (Å²) in [4.78, 5) is 6.89. The lowest BCUT2D eigenvalue weighted by Crippen LogP contribution is -2.28. The van der Waals surface area contributed by atoms with Crippen molar-refractivity contribution in [3.05, 3.63) is 53.9 Å². The van der Waals surface area contributed by atoms with E-state index in [2.05, 4.69) is 16.0 Å². The highest BCUT2D eigenvalue weighted by Gasteiger charge is 2.21. The van der Waals surface area contributed by atoms with Crippen LogP contribution in [-0.4, -0.2) is 44.3 Å². The van der Waals surface area contributed by atoms with Crippen molar-refractivity contribution >= 4 is 16.7 Å². The van der Waals surface area contributed by atoms with Gasteiger partial charge in [0.15, 0.2) is 5.58 Å². The summed E-state index contributed by atoms with van der Waals surface area (Å²) in [6.07, 6.45) is 3.11. The normalized spacial score (nSPS) is 14.8. The van der Waals surface area contributed by atoms with Gasteiger partial charge in [0.1, 0.15) is 22.8 Å². The highest BCUT2D eigenvalue weighted by Crippen LogP contribution is 2.40. The maximum Gasteiger partial charge on any atom is 0.209 e. The summed E-state index contributed by atoms with van der Waals surface area (Å²) in [5.41, 5.74) is 3.94. The van der Waals surface area contributed by atoms with Gasteiger partial charge < -0.3 is 18.6 Å². The molecule has 1 aromatic heterocycles. The second kappa shape index (κ2) is 7.94. The lowest BCUT2D eigenvalue weighted by molar-refractivity contribution is 0.264. The van der Waals surface area contributed by atoms with Crippen molar-refractivity contribution in [3.8, 4) is 17.2 Å². The fourth-order valence-electron chi connectivity index (χ4n) is 3.58. The molecule has 2 heterocycles. The first kappa shape index (κ1) is 18.4. The maximum absolute atomic E-state index is 5.85. The van der Waals surface area contributed by atoms with Crippen molar-refractivity contribution in [1.82, 2.24) is 9.88 Å². The number of para-hydroxylation sites is 2. The molecule has 2 aromatic carbocycles. The molecule has 146 valence electrons. The number of ether oxygens (including phenoxy) is 3. The van der Waals surface area contributed by atoms with Gasteiger partial charge in [-0.1, -0.05) is 18.2 Å². The summed E-state index contributed by atoms with van der Waals surface area (Å²) >= 11 is 0. The molecule has 0 spiro atoms. The van der Waals surface area contributed by atoms with Gasteiger partial charge in [0, 0.05) is 25.2 Å². The fraction of sp³-hybridized carbons (Fsp3) is 0.318. The number of oxazole rings is 1. The van der Waals surface area contributed by atoms with Crippen LogP contribution in [0.15, 0.2) is 46.9 Å². The van der Waals surface area contributed by atoms with E-state index in [9.17, 15) is 0 Å². The van der Waals surface area contributed by atoms with Crippen LogP contribution in [0.1, 0.15) is 17.9 Å². The van der Waals surface area contributed by atoms with Gasteiger partial charge in [-0.15, -0.1) is 0 Å². The van der Waals surface area contributed by atoms with Crippen molar-refractivity contribution in [2.24, 2.45) is 0 Å². The summed E-state index contributed by atoms with van der Waals surface area (Å²) in [6, 6.07) is 11.6. The van der Waals surface area contributed by atoms with Crippen molar-refractivity contribution < 1.29 is 18.6 Å². The molecule has 0 bridgehead atoms. The molecule has 1 aliphatic rings. The highest BCUT2D eigenvalue weighted by molar-refractivity contribution is 5.77. The monoisotopic (exact) mass is 380 g/mol. The minimum atomic E-state index is 0.690. The van der Waals surface area contributed by atoms with Crippen molar-refractivity contribution in [2.45, 2.75) is 13.0 Å². The Hall–Kier alpha value is -2.99. The van der Waals surface area contributed by atoms with Crippen molar-refractivity contribution in [1.29, 1.82) is 0 Å². The largest absolute Gasteiger partial charge is 0.496 e. The molecule has 0 aliphatic carbocycles. The Balaban J connectivity index is 1.54. The predicted molar refractivity (Wildman–Crippen MR) is 108 cm³/mol. The van der Waals surface area contributed by atoms with Gasteiger partial charge in [-0.2, -0.15) is 0 Å². The highest BCUT2D eigenvalue weighted by atomic mass is 16.5. The zero-order valence-electron chi connectivity index (χ0n) is 16.4. The summed E-state index contributed by atoms with van der Waals surface area (Å²) < 4.78 is 22.4. The molecule has 6 heteroatoms. The molecule has 28 heavy (non-hydrogen) atoms. The van der Waals surface area contributed by atoms with Gasteiger partial charge >= 0.3 is 0 Å². The Morgan fingerprint density at radius 1 is 1.04 bits per heavy atom. The molecule has 0 radical (unpaired) electrons. The smallest absolute Gasteiger partial charge is 0.209 e. The Morgan fingerprint density at radius 3 is 2.39 bits per heavy atom. The van der Waals surface area contributed by atoms with Crippen LogP contribution in [0.5, 0.6) is 17.2 Å². The molecule has 1 aliphatic heterocycles. The summed E-state index contributed by atoms with van der Waals surface area (Å²) in [6.45, 7) is 2.41. The molecule has 0 unspecified atom stereocenters. The Morgan fingerprint density at radius 2 is 1.79 bits per heavy atom. The number of hydrogen-bond acceptors (Lipinski definition) is 6. The lowest BCUT2D eigenvalue weighted by atomic mass is 9.97. The molecular weight excluding hydrogens is 356 g/mol. The number of rotatable bonds is 6. The Kier molecular flexibility index (Phi) is 5.21. The van der Waals surface area contributed by atoms with Crippen LogP contribution in [0.3, 0.4) is 0 Å². The Labute approximate surface area is 164 Å². The minimum absolute atomic E-state index is 0.690. The average molecular weight is 380 g/mol. The predicted octanol–water partition coefficient (Wildman–Crippen LogP) is 4.14. The molecule has 0 saturated heterocycles. The topological polar surface area (TPSA) is 57.0 Å². The quantitative estimate of drug-likeness (QED) is 0.641. The van der Waals surface area contributed by atoms with E-state index in [-0.39, 0.29) is 0 Å². The maximum atomic E-state index is 5.85. The van der Waals surface area contributed by atoms with E-state index in [0.29, 0.717) is 12.3 Å². The minimum Gasteiger partial charge on any atom is -0.496 e. The number of nitrogens with zero attached hydrogens (tertiary/aromatic N) is 2. The third kappa shape index (κ3) is 3.55. The van der Waals surface area contributed by atoms with E-state index >= 15 is 0 Å². The van der Waals surface area contributed by atoms with Crippen LogP contribution in [0, 0.1) is 0 Å². The van der Waals surface area contributed by atoms with E-state index in [1.165, 1.54) is 5.57 Å². The second-order valence-corrected chi connectivity index (χ2v) is 6.70. The van der Waals surface area contributed by atoms with Crippen molar-refractivity contribution in [2.75, 3.05) is 34.4 Å². The molecule has 0 atom stereocenters. The molecule has 4 rings (SSSR count). The van der Waals surface area contributed by atoms with Gasteiger partial charge in [0.2, 0.25) is 5.89 Å². The molecule has 3 aromatic rings. The van der Waals surface area contributed by atoms with E-state index in [0.717, 1.165) is 53.6 Å². The van der Waals surface area contributed by atoms with Crippen LogP contribution in [0.4, 0.5) is 0 Å². The summed E-state index contributed by atoms with van der Waals surface area (Å²) in [5.74, 6) is 2.98. The SMILES string of the molecule is COc1cc(OC)c(C2=CCN(Cc3nc4ccccc4o3)CC2)c(OC)c1. The molecule has 0 amide bonds.